The van der Waals surface area contributed by atoms with Gasteiger partial charge < -0.3 is 0 Å². The van der Waals surface area contributed by atoms with Crippen molar-refractivity contribution < 1.29 is 0 Å². The van der Waals surface area contributed by atoms with E-state index in [1.165, 1.54) is 57.1 Å². The summed E-state index contributed by atoms with van der Waals surface area (Å²) in [6.45, 7) is 6.72. The van der Waals surface area contributed by atoms with Gasteiger partial charge in [-0.15, -0.1) is 0 Å². The Morgan fingerprint density at radius 2 is 1.81 bits per heavy atom. The van der Waals surface area contributed by atoms with Crippen molar-refractivity contribution in [1.82, 2.24) is 0 Å². The van der Waals surface area contributed by atoms with E-state index in [9.17, 15) is 0 Å². The van der Waals surface area contributed by atoms with Crippen molar-refractivity contribution in [3.63, 3.8) is 0 Å². The Labute approximate surface area is 107 Å². The second-order valence-corrected chi connectivity index (χ2v) is 5.87. The fourth-order valence-electron chi connectivity index (χ4n) is 1.84. The summed E-state index contributed by atoms with van der Waals surface area (Å²) in [6, 6.07) is 0. The molecule has 0 saturated carbocycles. The molecule has 0 aromatic carbocycles. The number of hydrogen-bond acceptors (Lipinski definition) is 1. The van der Waals surface area contributed by atoms with Crippen LogP contribution in [0.4, 0.5) is 0 Å². The molecule has 0 N–H and O–H groups in total. The van der Waals surface area contributed by atoms with Gasteiger partial charge in [-0.3, -0.25) is 0 Å². The van der Waals surface area contributed by atoms with Crippen LogP contribution in [0.5, 0.6) is 0 Å². The summed E-state index contributed by atoms with van der Waals surface area (Å²) in [5.41, 5.74) is 0. The molecule has 0 nitrogen and oxygen atoms in total. The molecule has 0 aliphatic heterocycles. The average molecular weight is 242 g/mol. The lowest BCUT2D eigenvalue weighted by molar-refractivity contribution is 0.599. The van der Waals surface area contributed by atoms with Crippen molar-refractivity contribution in [2.24, 2.45) is 0 Å². The molecule has 0 spiro atoms. The minimum absolute atomic E-state index is 0.926. The van der Waals surface area contributed by atoms with Crippen molar-refractivity contribution in [2.45, 2.75) is 77.4 Å². The van der Waals surface area contributed by atoms with Crippen LogP contribution in [0.2, 0.25) is 0 Å². The van der Waals surface area contributed by atoms with Crippen LogP contribution in [0, 0.1) is 0 Å². The van der Waals surface area contributed by atoms with Crippen LogP contribution in [0.1, 0.15) is 72.1 Å². The van der Waals surface area contributed by atoms with Crippen molar-refractivity contribution >= 4 is 11.8 Å². The molecular formula is C15H30S. The maximum absolute atomic E-state index is 2.33. The first-order chi connectivity index (χ1) is 7.85. The summed E-state index contributed by atoms with van der Waals surface area (Å²) < 4.78 is 0. The number of hydrogen-bond donors (Lipinski definition) is 0. The number of rotatable bonds is 11. The molecule has 0 aromatic rings. The molecule has 1 unspecified atom stereocenters. The molecular weight excluding hydrogens is 212 g/mol. The van der Waals surface area contributed by atoms with Crippen molar-refractivity contribution in [3.8, 4) is 0 Å². The van der Waals surface area contributed by atoms with E-state index in [2.05, 4.69) is 44.7 Å². The third kappa shape index (κ3) is 10.6. The second-order valence-electron chi connectivity index (χ2n) is 4.46. The van der Waals surface area contributed by atoms with E-state index in [4.69, 9.17) is 0 Å². The highest BCUT2D eigenvalue weighted by molar-refractivity contribution is 7.99. The van der Waals surface area contributed by atoms with Gasteiger partial charge in [-0.1, -0.05) is 45.3 Å². The third-order valence-corrected chi connectivity index (χ3v) is 4.58. The van der Waals surface area contributed by atoms with E-state index < -0.39 is 0 Å². The maximum Gasteiger partial charge on any atom is 0.00444 e. The summed E-state index contributed by atoms with van der Waals surface area (Å²) in [4.78, 5) is 0. The monoisotopic (exact) mass is 242 g/mol. The molecule has 0 heterocycles. The Morgan fingerprint density at radius 1 is 1.06 bits per heavy atom. The molecule has 1 atom stereocenters. The highest BCUT2D eigenvalue weighted by Crippen LogP contribution is 2.21. The Bertz CT molecular complexity index is 152. The Kier molecular flexibility index (Phi) is 13.2. The highest BCUT2D eigenvalue weighted by atomic mass is 32.2. The summed E-state index contributed by atoms with van der Waals surface area (Å²) in [5, 5.41) is 0.926. The van der Waals surface area contributed by atoms with E-state index >= 15 is 0 Å². The van der Waals surface area contributed by atoms with E-state index in [1.807, 2.05) is 0 Å². The molecule has 0 aromatic heterocycles. The predicted molar refractivity (Wildman–Crippen MR) is 79.3 cm³/mol. The van der Waals surface area contributed by atoms with Gasteiger partial charge in [0.25, 0.3) is 0 Å². The Hall–Kier alpha value is 0.0900. The van der Waals surface area contributed by atoms with Crippen LogP contribution in [0.25, 0.3) is 0 Å². The van der Waals surface area contributed by atoms with Gasteiger partial charge in [0.05, 0.1) is 0 Å². The zero-order valence-electron chi connectivity index (χ0n) is 11.5. The number of unbranched alkanes of at least 4 members (excludes halogenated alkanes) is 4. The molecule has 96 valence electrons. The first-order valence-corrected chi connectivity index (χ1v) is 8.12. The fourth-order valence-corrected chi connectivity index (χ4v) is 2.98. The number of allylic oxidation sites excluding steroid dienone is 2. The van der Waals surface area contributed by atoms with Gasteiger partial charge in [-0.25, -0.2) is 0 Å². The molecule has 0 aliphatic carbocycles. The Balaban J connectivity index is 3.27. The lowest BCUT2D eigenvalue weighted by Gasteiger charge is -2.13. The predicted octanol–water partition coefficient (Wildman–Crippen LogP) is 5.82. The number of thioether (sulfide) groups is 1. The average Bonchev–Trinajstić information content (AvgIpc) is 2.32. The second kappa shape index (κ2) is 13.2. The van der Waals surface area contributed by atoms with Crippen LogP contribution in [-0.4, -0.2) is 11.0 Å². The van der Waals surface area contributed by atoms with Crippen LogP contribution >= 0.6 is 11.8 Å². The van der Waals surface area contributed by atoms with E-state index in [1.54, 1.807) is 0 Å². The normalized spacial score (nSPS) is 13.4. The van der Waals surface area contributed by atoms with Crippen LogP contribution < -0.4 is 0 Å². The van der Waals surface area contributed by atoms with Crippen LogP contribution in [0.3, 0.4) is 0 Å². The zero-order valence-corrected chi connectivity index (χ0v) is 12.3. The quantitative estimate of drug-likeness (QED) is 0.325. The van der Waals surface area contributed by atoms with E-state index in [0.29, 0.717) is 0 Å². The highest BCUT2D eigenvalue weighted by Gasteiger charge is 2.05. The third-order valence-electron chi connectivity index (χ3n) is 2.90. The summed E-state index contributed by atoms with van der Waals surface area (Å²) in [5.74, 6) is 1.35. The van der Waals surface area contributed by atoms with Crippen LogP contribution in [0.15, 0.2) is 12.2 Å². The molecule has 0 fully saturated rings. The standard InChI is InChI=1S/C15H30S/c1-4-7-8-9-10-11-12-13-15(6-3)16-14-5-2/h4,7,15H,5-6,8-14H2,1-3H3/b7-4+. The first-order valence-electron chi connectivity index (χ1n) is 7.07. The van der Waals surface area contributed by atoms with Gasteiger partial charge in [0.2, 0.25) is 0 Å². The fraction of sp³-hybridized carbons (Fsp3) is 0.867. The molecule has 0 saturated heterocycles. The summed E-state index contributed by atoms with van der Waals surface area (Å²) >= 11 is 2.18. The lowest BCUT2D eigenvalue weighted by atomic mass is 10.1. The first kappa shape index (κ1) is 16.1. The zero-order chi connectivity index (χ0) is 12.1. The molecule has 0 aliphatic rings. The molecule has 0 bridgehead atoms. The molecule has 16 heavy (non-hydrogen) atoms. The van der Waals surface area contributed by atoms with Gasteiger partial charge in [-0.05, 0) is 44.8 Å². The van der Waals surface area contributed by atoms with Crippen molar-refractivity contribution in [1.29, 1.82) is 0 Å². The lowest BCUT2D eigenvalue weighted by Crippen LogP contribution is -2.01. The van der Waals surface area contributed by atoms with Gasteiger partial charge in [0.15, 0.2) is 0 Å². The summed E-state index contributed by atoms with van der Waals surface area (Å²) in [7, 11) is 0. The van der Waals surface area contributed by atoms with Crippen molar-refractivity contribution in [2.75, 3.05) is 5.75 Å². The van der Waals surface area contributed by atoms with E-state index in [0.717, 1.165) is 5.25 Å². The molecule has 0 amide bonds. The van der Waals surface area contributed by atoms with E-state index in [-0.39, 0.29) is 0 Å². The smallest absolute Gasteiger partial charge is 0.00444 e. The topological polar surface area (TPSA) is 0 Å². The SMILES string of the molecule is C/C=C/CCCCCCC(CC)SCCC. The van der Waals surface area contributed by atoms with Gasteiger partial charge in [0.1, 0.15) is 0 Å². The van der Waals surface area contributed by atoms with Crippen molar-refractivity contribution in [3.05, 3.63) is 12.2 Å². The maximum atomic E-state index is 2.33. The molecule has 0 radical (unpaired) electrons. The van der Waals surface area contributed by atoms with Crippen LogP contribution in [-0.2, 0) is 0 Å². The van der Waals surface area contributed by atoms with Gasteiger partial charge in [-0.2, -0.15) is 11.8 Å². The Morgan fingerprint density at radius 3 is 2.44 bits per heavy atom. The summed E-state index contributed by atoms with van der Waals surface area (Å²) in [6.07, 6.45) is 15.5. The minimum Gasteiger partial charge on any atom is -0.159 e. The van der Waals surface area contributed by atoms with Gasteiger partial charge in [0, 0.05) is 5.25 Å². The minimum atomic E-state index is 0.926. The van der Waals surface area contributed by atoms with Gasteiger partial charge >= 0.3 is 0 Å². The molecule has 1 heteroatoms. The largest absolute Gasteiger partial charge is 0.159 e. The molecule has 0 rings (SSSR count).